The number of ether oxygens (including phenoxy) is 4. The van der Waals surface area contributed by atoms with E-state index in [0.29, 0.717) is 46.1 Å². The molecule has 1 N–H and O–H groups in total. The fourth-order valence-electron chi connectivity index (χ4n) is 5.07. The van der Waals surface area contributed by atoms with Crippen LogP contribution in [0.15, 0.2) is 60.7 Å². The van der Waals surface area contributed by atoms with Crippen LogP contribution in [-0.4, -0.2) is 67.4 Å². The number of fused-ring (bicyclic) bond motifs is 1. The maximum Gasteiger partial charge on any atom is 0.249 e. The summed E-state index contributed by atoms with van der Waals surface area (Å²) in [6, 6.07) is 14.6. The van der Waals surface area contributed by atoms with E-state index in [1.165, 1.54) is 55.2 Å². The first-order valence-corrected chi connectivity index (χ1v) is 13.5. The Labute approximate surface area is 242 Å². The van der Waals surface area contributed by atoms with Crippen molar-refractivity contribution < 1.29 is 32.9 Å². The molecule has 2 amide bonds. The molecule has 4 aromatic rings. The fraction of sp³-hybridized carbons (Fsp3) is 0.333. The van der Waals surface area contributed by atoms with Crippen LogP contribution in [0.2, 0.25) is 0 Å². The number of anilines is 1. The summed E-state index contributed by atoms with van der Waals surface area (Å²) in [6.45, 7) is 0.652. The first-order valence-electron chi connectivity index (χ1n) is 13.5. The molecule has 0 unspecified atom stereocenters. The zero-order chi connectivity index (χ0) is 29.6. The second-order valence-corrected chi connectivity index (χ2v) is 9.72. The number of aromatic nitrogens is 3. The highest BCUT2D eigenvalue weighted by atomic mass is 19.1. The monoisotopic (exact) mass is 577 g/mol. The molecule has 42 heavy (non-hydrogen) atoms. The Kier molecular flexibility index (Phi) is 8.82. The zero-order valence-corrected chi connectivity index (χ0v) is 23.6. The number of para-hydroxylation sites is 1. The standard InChI is InChI=1S/C30H32FN5O6/c1-39-25-15-19(16-26(40-2)29(25)41-3)28(30(38)32-17-22-7-6-14-42-22)36(21-12-10-20(31)11-13-21)27(37)18-35-24-9-5-4-8-23(24)33-34-35/h4-5,8-13,15-16,22,28H,6-7,14,17-18H2,1-3H3,(H,32,38)/t22-,28+/m0/s1. The Bertz CT molecular complexity index is 1530. The summed E-state index contributed by atoms with van der Waals surface area (Å²) in [7, 11) is 4.40. The van der Waals surface area contributed by atoms with E-state index in [4.69, 9.17) is 18.9 Å². The largest absolute Gasteiger partial charge is 0.493 e. The van der Waals surface area contributed by atoms with Gasteiger partial charge in [-0.2, -0.15) is 0 Å². The first-order chi connectivity index (χ1) is 20.4. The van der Waals surface area contributed by atoms with E-state index in [0.717, 1.165) is 12.8 Å². The molecule has 0 aliphatic carbocycles. The Morgan fingerprint density at radius 3 is 2.43 bits per heavy atom. The van der Waals surface area contributed by atoms with Crippen molar-refractivity contribution in [3.8, 4) is 17.2 Å². The van der Waals surface area contributed by atoms with Crippen LogP contribution in [0.25, 0.3) is 11.0 Å². The van der Waals surface area contributed by atoms with Crippen molar-refractivity contribution in [1.29, 1.82) is 0 Å². The molecule has 11 nitrogen and oxygen atoms in total. The molecule has 2 atom stereocenters. The average molecular weight is 578 g/mol. The zero-order valence-electron chi connectivity index (χ0n) is 23.6. The predicted octanol–water partition coefficient (Wildman–Crippen LogP) is 3.67. The molecule has 1 saturated heterocycles. The summed E-state index contributed by atoms with van der Waals surface area (Å²) in [5.74, 6) is -0.504. The lowest BCUT2D eigenvalue weighted by Gasteiger charge is -2.32. The summed E-state index contributed by atoms with van der Waals surface area (Å²) < 4.78 is 37.8. The van der Waals surface area contributed by atoms with Crippen molar-refractivity contribution in [2.24, 2.45) is 0 Å². The molecule has 1 fully saturated rings. The third-order valence-corrected chi connectivity index (χ3v) is 7.12. The van der Waals surface area contributed by atoms with E-state index in [2.05, 4.69) is 15.6 Å². The average Bonchev–Trinajstić information content (AvgIpc) is 3.69. The Morgan fingerprint density at radius 1 is 1.07 bits per heavy atom. The lowest BCUT2D eigenvalue weighted by atomic mass is 10.0. The van der Waals surface area contributed by atoms with Crippen molar-refractivity contribution in [2.75, 3.05) is 39.4 Å². The normalized spacial score (nSPS) is 15.3. The van der Waals surface area contributed by atoms with E-state index in [1.54, 1.807) is 24.3 Å². The molecule has 220 valence electrons. The third-order valence-electron chi connectivity index (χ3n) is 7.12. The van der Waals surface area contributed by atoms with E-state index < -0.39 is 23.7 Å². The molecule has 0 radical (unpaired) electrons. The van der Waals surface area contributed by atoms with Crippen molar-refractivity contribution in [3.63, 3.8) is 0 Å². The van der Waals surface area contributed by atoms with Crippen molar-refractivity contribution in [3.05, 3.63) is 72.0 Å². The SMILES string of the molecule is COc1cc([C@H](C(=O)NC[C@@H]2CCCO2)N(C(=O)Cn2nnc3ccccc32)c2ccc(F)cc2)cc(OC)c1OC. The van der Waals surface area contributed by atoms with Gasteiger partial charge in [-0.15, -0.1) is 5.10 Å². The molecular formula is C30H32FN5O6. The lowest BCUT2D eigenvalue weighted by molar-refractivity contribution is -0.127. The van der Waals surface area contributed by atoms with E-state index >= 15 is 0 Å². The number of nitrogens with zero attached hydrogens (tertiary/aromatic N) is 4. The summed E-state index contributed by atoms with van der Waals surface area (Å²) >= 11 is 0. The van der Waals surface area contributed by atoms with Gasteiger partial charge < -0.3 is 24.3 Å². The van der Waals surface area contributed by atoms with Crippen LogP contribution in [0, 0.1) is 5.82 Å². The highest BCUT2D eigenvalue weighted by Crippen LogP contribution is 2.41. The number of rotatable bonds is 11. The van der Waals surface area contributed by atoms with Crippen LogP contribution in [0.1, 0.15) is 24.4 Å². The Balaban J connectivity index is 1.61. The highest BCUT2D eigenvalue weighted by Gasteiger charge is 2.35. The van der Waals surface area contributed by atoms with Crippen LogP contribution in [0.4, 0.5) is 10.1 Å². The van der Waals surface area contributed by atoms with Gasteiger partial charge >= 0.3 is 0 Å². The molecule has 1 aromatic heterocycles. The first kappa shape index (κ1) is 28.8. The van der Waals surface area contributed by atoms with E-state index in [9.17, 15) is 14.0 Å². The van der Waals surface area contributed by atoms with Crippen molar-refractivity contribution >= 4 is 28.5 Å². The Hall–Kier alpha value is -4.71. The molecule has 1 aliphatic rings. The van der Waals surface area contributed by atoms with Crippen molar-refractivity contribution in [2.45, 2.75) is 31.5 Å². The number of amides is 2. The van der Waals surface area contributed by atoms with Gasteiger partial charge in [-0.05, 0) is 66.9 Å². The Morgan fingerprint density at radius 2 is 1.79 bits per heavy atom. The van der Waals surface area contributed by atoms with Crippen LogP contribution in [0.3, 0.4) is 0 Å². The van der Waals surface area contributed by atoms with Crippen LogP contribution >= 0.6 is 0 Å². The predicted molar refractivity (Wildman–Crippen MR) is 152 cm³/mol. The summed E-state index contributed by atoms with van der Waals surface area (Å²) in [4.78, 5) is 29.6. The van der Waals surface area contributed by atoms with E-state index in [-0.39, 0.29) is 19.2 Å². The number of methoxy groups -OCH3 is 3. The van der Waals surface area contributed by atoms with Gasteiger partial charge in [0.05, 0.1) is 33.0 Å². The molecular weight excluding hydrogens is 545 g/mol. The van der Waals surface area contributed by atoms with Crippen LogP contribution in [0.5, 0.6) is 17.2 Å². The lowest BCUT2D eigenvalue weighted by Crippen LogP contribution is -2.46. The van der Waals surface area contributed by atoms with Gasteiger partial charge in [-0.3, -0.25) is 14.5 Å². The number of halogens is 1. The van der Waals surface area contributed by atoms with Gasteiger partial charge in [0.25, 0.3) is 0 Å². The number of hydrogen-bond acceptors (Lipinski definition) is 8. The molecule has 0 saturated carbocycles. The number of carbonyl (C=O) groups excluding carboxylic acids is 2. The minimum atomic E-state index is -1.21. The second kappa shape index (κ2) is 12.9. The van der Waals surface area contributed by atoms with E-state index in [1.807, 2.05) is 12.1 Å². The number of hydrogen-bond donors (Lipinski definition) is 1. The smallest absolute Gasteiger partial charge is 0.249 e. The maximum atomic E-state index is 14.2. The highest BCUT2D eigenvalue weighted by molar-refractivity contribution is 6.01. The van der Waals surface area contributed by atoms with Gasteiger partial charge in [0.1, 0.15) is 23.9 Å². The minimum Gasteiger partial charge on any atom is -0.493 e. The quantitative estimate of drug-likeness (QED) is 0.287. The number of benzene rings is 3. The topological polar surface area (TPSA) is 117 Å². The van der Waals surface area contributed by atoms with Gasteiger partial charge in [0, 0.05) is 18.8 Å². The number of carbonyl (C=O) groups is 2. The van der Waals surface area contributed by atoms with Crippen molar-refractivity contribution in [1.82, 2.24) is 20.3 Å². The second-order valence-electron chi connectivity index (χ2n) is 9.72. The van der Waals surface area contributed by atoms with Gasteiger partial charge in [0.15, 0.2) is 11.5 Å². The maximum absolute atomic E-state index is 14.2. The van der Waals surface area contributed by atoms with Crippen LogP contribution < -0.4 is 24.4 Å². The molecule has 3 aromatic carbocycles. The third kappa shape index (κ3) is 5.98. The summed E-state index contributed by atoms with van der Waals surface area (Å²) in [6.07, 6.45) is 1.59. The van der Waals surface area contributed by atoms with Gasteiger partial charge in [-0.1, -0.05) is 17.3 Å². The molecule has 0 bridgehead atoms. The molecule has 0 spiro atoms. The van der Waals surface area contributed by atoms with Gasteiger partial charge in [-0.25, -0.2) is 9.07 Å². The molecule has 5 rings (SSSR count). The molecule has 12 heteroatoms. The molecule has 2 heterocycles. The number of nitrogens with one attached hydrogen (secondary N) is 1. The summed E-state index contributed by atoms with van der Waals surface area (Å²) in [5, 5.41) is 11.3. The summed E-state index contributed by atoms with van der Waals surface area (Å²) in [5.41, 5.74) is 1.96. The minimum absolute atomic E-state index is 0.133. The van der Waals surface area contributed by atoms with Gasteiger partial charge in [0.2, 0.25) is 17.6 Å². The fourth-order valence-corrected chi connectivity index (χ4v) is 5.07. The molecule has 1 aliphatic heterocycles. The van der Waals surface area contributed by atoms with Crippen LogP contribution in [-0.2, 0) is 20.9 Å².